The van der Waals surface area contributed by atoms with Crippen molar-refractivity contribution in [3.05, 3.63) is 33.1 Å². The molecule has 0 radical (unpaired) electrons. The highest BCUT2D eigenvalue weighted by Gasteiger charge is 2.50. The van der Waals surface area contributed by atoms with Gasteiger partial charge < -0.3 is 31.1 Å². The van der Waals surface area contributed by atoms with Gasteiger partial charge >= 0.3 is 11.7 Å². The van der Waals surface area contributed by atoms with Crippen LogP contribution in [0.15, 0.2) is 21.9 Å². The van der Waals surface area contributed by atoms with Crippen LogP contribution >= 0.6 is 11.8 Å². The van der Waals surface area contributed by atoms with Crippen molar-refractivity contribution >= 4 is 23.6 Å². The monoisotopic (exact) mass is 418 g/mol. The van der Waals surface area contributed by atoms with Gasteiger partial charge in [0.25, 0.3) is 5.56 Å². The van der Waals surface area contributed by atoms with Crippen molar-refractivity contribution in [3.63, 3.8) is 0 Å². The largest absolute Gasteiger partial charge is 0.480 e. The minimum atomic E-state index is -1.73. The van der Waals surface area contributed by atoms with Crippen LogP contribution in [0, 0.1) is 0 Å². The zero-order valence-corrected chi connectivity index (χ0v) is 15.7. The number of aliphatic hydroxyl groups is 2. The Labute approximate surface area is 162 Å². The normalized spacial score (nSPS) is 26.6. The molecular weight excluding hydrogens is 396 g/mol. The molecule has 2 heterocycles. The molecular formula is C15H22N4O8S. The lowest BCUT2D eigenvalue weighted by Crippen LogP contribution is -2.56. The lowest BCUT2D eigenvalue weighted by molar-refractivity contribution is -0.149. The van der Waals surface area contributed by atoms with Crippen LogP contribution < -0.4 is 22.3 Å². The highest BCUT2D eigenvalue weighted by atomic mass is 32.2. The Morgan fingerprint density at radius 1 is 1.39 bits per heavy atom. The number of amides is 1. The molecule has 1 aliphatic heterocycles. The Kier molecular flexibility index (Phi) is 7.37. The molecule has 28 heavy (non-hydrogen) atoms. The highest BCUT2D eigenvalue weighted by molar-refractivity contribution is 7.98. The van der Waals surface area contributed by atoms with Crippen molar-refractivity contribution < 1.29 is 29.6 Å². The summed E-state index contributed by atoms with van der Waals surface area (Å²) < 4.78 is 6.18. The van der Waals surface area contributed by atoms with E-state index < -0.39 is 59.7 Å². The van der Waals surface area contributed by atoms with E-state index in [1.807, 2.05) is 11.2 Å². The van der Waals surface area contributed by atoms with Crippen LogP contribution in [0.3, 0.4) is 0 Å². The molecule has 1 amide bonds. The number of aliphatic carboxylic acids is 1. The number of rotatable bonds is 8. The second-order valence-electron chi connectivity index (χ2n) is 6.20. The molecule has 0 saturated carbocycles. The van der Waals surface area contributed by atoms with Crippen LogP contribution in [0.5, 0.6) is 0 Å². The number of carboxylic acid groups (broad SMARTS) is 1. The Balaban J connectivity index is 2.21. The fourth-order valence-corrected chi connectivity index (χ4v) is 3.23. The van der Waals surface area contributed by atoms with Crippen LogP contribution in [0.25, 0.3) is 0 Å². The number of hydrogen-bond acceptors (Lipinski definition) is 9. The number of thioether (sulfide) groups is 1. The van der Waals surface area contributed by atoms with E-state index in [2.05, 4.69) is 5.32 Å². The number of carbonyl (C=O) groups excluding carboxylic acids is 1. The van der Waals surface area contributed by atoms with Gasteiger partial charge in [-0.25, -0.2) is 9.59 Å². The molecule has 0 spiro atoms. The first kappa shape index (κ1) is 22.1. The summed E-state index contributed by atoms with van der Waals surface area (Å²) in [5, 5.41) is 32.1. The smallest absolute Gasteiger partial charge is 0.330 e. The lowest BCUT2D eigenvalue weighted by atomic mass is 10.0. The summed E-state index contributed by atoms with van der Waals surface area (Å²) in [6, 6.07) is -1.69. The van der Waals surface area contributed by atoms with E-state index in [1.165, 1.54) is 11.8 Å². The average molecular weight is 418 g/mol. The van der Waals surface area contributed by atoms with Gasteiger partial charge in [0.05, 0.1) is 6.04 Å². The Bertz CT molecular complexity index is 827. The van der Waals surface area contributed by atoms with Crippen molar-refractivity contribution in [3.8, 4) is 0 Å². The molecule has 1 saturated heterocycles. The van der Waals surface area contributed by atoms with E-state index in [0.29, 0.717) is 12.2 Å². The predicted molar refractivity (Wildman–Crippen MR) is 97.8 cm³/mol. The molecule has 0 bridgehead atoms. The van der Waals surface area contributed by atoms with E-state index in [-0.39, 0.29) is 0 Å². The van der Waals surface area contributed by atoms with Crippen LogP contribution in [0.1, 0.15) is 12.6 Å². The highest BCUT2D eigenvalue weighted by Crippen LogP contribution is 2.30. The molecule has 1 unspecified atom stereocenters. The number of ether oxygens (including phenoxy) is 1. The molecule has 1 aromatic heterocycles. The van der Waals surface area contributed by atoms with Crippen molar-refractivity contribution in [2.45, 2.75) is 43.0 Å². The lowest BCUT2D eigenvalue weighted by Gasteiger charge is -2.24. The SMILES string of the molecule is CSCCC(N)C(=O)N[C@H](C(=O)O)[C@H]1O[C@@H](n2ccc(=O)[nH]c2=O)[C@H](O)[C@@H]1O. The van der Waals surface area contributed by atoms with Gasteiger partial charge in [0, 0.05) is 12.3 Å². The van der Waals surface area contributed by atoms with E-state index >= 15 is 0 Å². The number of nitrogens with one attached hydrogen (secondary N) is 2. The van der Waals surface area contributed by atoms with E-state index in [1.54, 1.807) is 0 Å². The number of aromatic amines is 1. The summed E-state index contributed by atoms with van der Waals surface area (Å²) in [6.07, 6.45) is -3.26. The third-order valence-corrected chi connectivity index (χ3v) is 4.91. The predicted octanol–water partition coefficient (Wildman–Crippen LogP) is -3.19. The number of H-pyrrole nitrogens is 1. The van der Waals surface area contributed by atoms with Crippen LogP contribution in [0.2, 0.25) is 0 Å². The molecule has 1 fully saturated rings. The van der Waals surface area contributed by atoms with Crippen molar-refractivity contribution in [1.29, 1.82) is 0 Å². The molecule has 13 heteroatoms. The summed E-state index contributed by atoms with van der Waals surface area (Å²) in [6.45, 7) is 0. The molecule has 1 aromatic rings. The summed E-state index contributed by atoms with van der Waals surface area (Å²) in [5.41, 5.74) is 4.12. The Morgan fingerprint density at radius 3 is 2.64 bits per heavy atom. The minimum Gasteiger partial charge on any atom is -0.480 e. The van der Waals surface area contributed by atoms with Crippen LogP contribution in [-0.4, -0.2) is 79.2 Å². The number of carboxylic acids is 1. The van der Waals surface area contributed by atoms with Gasteiger partial charge in [0.15, 0.2) is 12.3 Å². The number of nitrogens with two attached hydrogens (primary N) is 1. The molecule has 156 valence electrons. The average Bonchev–Trinajstić information content (AvgIpc) is 2.92. The number of carbonyl (C=O) groups is 2. The molecule has 7 N–H and O–H groups in total. The topological polar surface area (TPSA) is 197 Å². The number of nitrogens with zero attached hydrogens (tertiary/aromatic N) is 1. The quantitative estimate of drug-likeness (QED) is 0.250. The Morgan fingerprint density at radius 2 is 2.07 bits per heavy atom. The van der Waals surface area contributed by atoms with Gasteiger partial charge in [-0.1, -0.05) is 0 Å². The number of aliphatic hydroxyl groups excluding tert-OH is 2. The second-order valence-corrected chi connectivity index (χ2v) is 7.19. The third-order valence-electron chi connectivity index (χ3n) is 4.26. The maximum atomic E-state index is 12.1. The Hall–Kier alpha value is -2.19. The van der Waals surface area contributed by atoms with Crippen molar-refractivity contribution in [2.24, 2.45) is 5.73 Å². The molecule has 0 aliphatic carbocycles. The summed E-state index contributed by atoms with van der Waals surface area (Å²) in [7, 11) is 0. The van der Waals surface area contributed by atoms with Gasteiger partial charge in [-0.05, 0) is 18.4 Å². The summed E-state index contributed by atoms with van der Waals surface area (Å²) in [5.74, 6) is -1.68. The van der Waals surface area contributed by atoms with Gasteiger partial charge in [-0.15, -0.1) is 0 Å². The standard InChI is InChI=1S/C15H22N4O8S/c1-28-5-3-6(16)12(23)18-8(14(24)25)11-9(21)10(22)13(27-11)19-4-2-7(20)17-15(19)26/h2,4,6,8-11,13,21-22H,3,5,16H2,1H3,(H,18,23)(H,24,25)(H,17,20,26)/t6?,8-,9-,10+,11+,13+/m0/s1. The molecule has 1 aliphatic rings. The maximum Gasteiger partial charge on any atom is 0.330 e. The van der Waals surface area contributed by atoms with E-state index in [0.717, 1.165) is 16.8 Å². The number of aromatic nitrogens is 2. The van der Waals surface area contributed by atoms with E-state index in [4.69, 9.17) is 10.5 Å². The van der Waals surface area contributed by atoms with Gasteiger partial charge in [-0.3, -0.25) is 19.1 Å². The minimum absolute atomic E-state index is 0.311. The molecule has 0 aromatic carbocycles. The molecule has 2 rings (SSSR count). The van der Waals surface area contributed by atoms with Crippen molar-refractivity contribution in [2.75, 3.05) is 12.0 Å². The van der Waals surface area contributed by atoms with Gasteiger partial charge in [-0.2, -0.15) is 11.8 Å². The first-order valence-corrected chi connectivity index (χ1v) is 9.67. The first-order valence-electron chi connectivity index (χ1n) is 8.28. The zero-order chi connectivity index (χ0) is 21.0. The third kappa shape index (κ3) is 4.80. The summed E-state index contributed by atoms with van der Waals surface area (Å²) in [4.78, 5) is 48.8. The zero-order valence-electron chi connectivity index (χ0n) is 14.8. The van der Waals surface area contributed by atoms with Crippen LogP contribution in [-0.2, 0) is 14.3 Å². The van der Waals surface area contributed by atoms with Crippen molar-refractivity contribution in [1.82, 2.24) is 14.9 Å². The molecule has 6 atom stereocenters. The number of hydrogen-bond donors (Lipinski definition) is 6. The van der Waals surface area contributed by atoms with Crippen LogP contribution in [0.4, 0.5) is 0 Å². The first-order chi connectivity index (χ1) is 13.2. The fraction of sp³-hybridized carbons (Fsp3) is 0.600. The fourth-order valence-electron chi connectivity index (χ4n) is 2.74. The summed E-state index contributed by atoms with van der Waals surface area (Å²) >= 11 is 1.47. The second kappa shape index (κ2) is 9.34. The maximum absolute atomic E-state index is 12.1. The van der Waals surface area contributed by atoms with Gasteiger partial charge in [0.2, 0.25) is 5.91 Å². The van der Waals surface area contributed by atoms with E-state index in [9.17, 15) is 34.5 Å². The van der Waals surface area contributed by atoms with Gasteiger partial charge in [0.1, 0.15) is 18.3 Å². The molecule has 12 nitrogen and oxygen atoms in total.